The maximum Gasteiger partial charge on any atom is 0.169 e. The summed E-state index contributed by atoms with van der Waals surface area (Å²) in [6.07, 6.45) is 3.45. The number of nitrogens with one attached hydrogen (secondary N) is 1. The predicted octanol–water partition coefficient (Wildman–Crippen LogP) is 3.23. The lowest BCUT2D eigenvalue weighted by molar-refractivity contribution is 0.423. The van der Waals surface area contributed by atoms with Gasteiger partial charge in [0.05, 0.1) is 4.88 Å². The molecule has 2 aromatic rings. The van der Waals surface area contributed by atoms with Gasteiger partial charge >= 0.3 is 0 Å². The van der Waals surface area contributed by atoms with Crippen LogP contribution in [0.4, 0.5) is 0 Å². The molecular formula is C16H21N3S. The van der Waals surface area contributed by atoms with Gasteiger partial charge in [-0.1, -0.05) is 13.0 Å². The first-order valence-electron chi connectivity index (χ1n) is 7.39. The third-order valence-corrected chi connectivity index (χ3v) is 4.87. The van der Waals surface area contributed by atoms with Crippen LogP contribution in [-0.4, -0.2) is 23.1 Å². The normalized spacial score (nSPS) is 18.0. The molecule has 1 aliphatic carbocycles. The van der Waals surface area contributed by atoms with Gasteiger partial charge in [0.2, 0.25) is 0 Å². The fourth-order valence-corrected chi connectivity index (χ4v) is 3.56. The molecule has 0 saturated heterocycles. The quantitative estimate of drug-likeness (QED) is 0.938. The van der Waals surface area contributed by atoms with Crippen LogP contribution in [0.3, 0.4) is 0 Å². The first kappa shape index (κ1) is 13.7. The van der Waals surface area contributed by atoms with Gasteiger partial charge in [0.25, 0.3) is 0 Å². The monoisotopic (exact) mass is 287 g/mol. The number of nitrogens with zero attached hydrogens (tertiary/aromatic N) is 2. The van der Waals surface area contributed by atoms with Crippen molar-refractivity contribution in [1.82, 2.24) is 15.3 Å². The van der Waals surface area contributed by atoms with E-state index in [1.165, 1.54) is 28.2 Å². The maximum atomic E-state index is 4.81. The van der Waals surface area contributed by atoms with Crippen LogP contribution >= 0.6 is 11.3 Å². The summed E-state index contributed by atoms with van der Waals surface area (Å²) in [4.78, 5) is 10.7. The van der Waals surface area contributed by atoms with Gasteiger partial charge in [-0.15, -0.1) is 11.3 Å². The zero-order valence-electron chi connectivity index (χ0n) is 12.1. The second-order valence-corrected chi connectivity index (χ2v) is 6.40. The molecule has 2 aromatic heterocycles. The van der Waals surface area contributed by atoms with Crippen LogP contribution in [0.15, 0.2) is 17.5 Å². The molecule has 0 spiro atoms. The van der Waals surface area contributed by atoms with Crippen molar-refractivity contribution in [1.29, 1.82) is 0 Å². The second kappa shape index (κ2) is 6.02. The zero-order valence-corrected chi connectivity index (χ0v) is 13.0. The van der Waals surface area contributed by atoms with E-state index in [2.05, 4.69) is 36.7 Å². The van der Waals surface area contributed by atoms with Gasteiger partial charge in [0.15, 0.2) is 5.82 Å². The van der Waals surface area contributed by atoms with Crippen LogP contribution < -0.4 is 5.32 Å². The highest BCUT2D eigenvalue weighted by Gasteiger charge is 2.22. The van der Waals surface area contributed by atoms with E-state index < -0.39 is 0 Å². The highest BCUT2D eigenvalue weighted by Crippen LogP contribution is 2.29. The third-order valence-electron chi connectivity index (χ3n) is 4.01. The van der Waals surface area contributed by atoms with Crippen molar-refractivity contribution < 1.29 is 0 Å². The summed E-state index contributed by atoms with van der Waals surface area (Å²) in [5.41, 5.74) is 3.83. The van der Waals surface area contributed by atoms with Crippen molar-refractivity contribution >= 4 is 11.3 Å². The zero-order chi connectivity index (χ0) is 13.9. The Morgan fingerprint density at radius 3 is 3.05 bits per heavy atom. The van der Waals surface area contributed by atoms with E-state index in [1.807, 2.05) is 0 Å². The number of rotatable bonds is 4. The van der Waals surface area contributed by atoms with E-state index in [0.29, 0.717) is 0 Å². The summed E-state index contributed by atoms with van der Waals surface area (Å²) in [7, 11) is 0. The van der Waals surface area contributed by atoms with Crippen LogP contribution in [0.25, 0.3) is 10.7 Å². The average Bonchev–Trinajstić information content (AvgIpc) is 2.99. The average molecular weight is 287 g/mol. The van der Waals surface area contributed by atoms with Gasteiger partial charge in [-0.25, -0.2) is 9.97 Å². The van der Waals surface area contributed by atoms with Crippen molar-refractivity contribution in [3.63, 3.8) is 0 Å². The molecule has 4 heteroatoms. The van der Waals surface area contributed by atoms with Gasteiger partial charge in [0, 0.05) is 11.4 Å². The number of hydrogen-bond donors (Lipinski definition) is 1. The largest absolute Gasteiger partial charge is 0.317 e. The molecule has 1 unspecified atom stereocenters. The summed E-state index contributed by atoms with van der Waals surface area (Å²) in [5.74, 6) is 1.64. The summed E-state index contributed by atoms with van der Waals surface area (Å²) in [6.45, 7) is 6.46. The Morgan fingerprint density at radius 2 is 2.30 bits per heavy atom. The minimum Gasteiger partial charge on any atom is -0.317 e. The Balaban J connectivity index is 1.85. The van der Waals surface area contributed by atoms with E-state index in [-0.39, 0.29) is 0 Å². The summed E-state index contributed by atoms with van der Waals surface area (Å²) in [6, 6.07) is 4.16. The lowest BCUT2D eigenvalue weighted by Crippen LogP contribution is -2.28. The molecule has 2 heterocycles. The number of aryl methyl sites for hydroxylation is 2. The van der Waals surface area contributed by atoms with E-state index in [4.69, 9.17) is 9.97 Å². The number of thiophene rings is 1. The molecule has 1 atom stereocenters. The van der Waals surface area contributed by atoms with Crippen LogP contribution in [0.5, 0.6) is 0 Å². The summed E-state index contributed by atoms with van der Waals surface area (Å²) in [5, 5.41) is 5.55. The summed E-state index contributed by atoms with van der Waals surface area (Å²) < 4.78 is 0. The van der Waals surface area contributed by atoms with Crippen molar-refractivity contribution in [2.75, 3.05) is 13.1 Å². The highest BCUT2D eigenvalue weighted by atomic mass is 32.1. The van der Waals surface area contributed by atoms with Gasteiger partial charge in [-0.2, -0.15) is 0 Å². The minimum atomic E-state index is 0.734. The molecular weight excluding hydrogens is 266 g/mol. The van der Waals surface area contributed by atoms with Gasteiger partial charge in [0.1, 0.15) is 0 Å². The maximum absolute atomic E-state index is 4.81. The lowest BCUT2D eigenvalue weighted by Gasteiger charge is -2.25. The second-order valence-electron chi connectivity index (χ2n) is 5.45. The smallest absolute Gasteiger partial charge is 0.169 e. The van der Waals surface area contributed by atoms with Crippen molar-refractivity contribution in [2.24, 2.45) is 5.92 Å². The molecule has 0 aliphatic heterocycles. The van der Waals surface area contributed by atoms with E-state index in [9.17, 15) is 0 Å². The van der Waals surface area contributed by atoms with Crippen LogP contribution in [0.2, 0.25) is 0 Å². The molecule has 0 fully saturated rings. The van der Waals surface area contributed by atoms with Crippen molar-refractivity contribution in [3.05, 3.63) is 34.5 Å². The molecule has 106 valence electrons. The molecule has 20 heavy (non-hydrogen) atoms. The molecule has 0 bridgehead atoms. The molecule has 1 aliphatic rings. The molecule has 1 N–H and O–H groups in total. The third kappa shape index (κ3) is 2.76. The fraction of sp³-hybridized carbons (Fsp3) is 0.500. The highest BCUT2D eigenvalue weighted by molar-refractivity contribution is 7.13. The van der Waals surface area contributed by atoms with Crippen molar-refractivity contribution in [2.45, 2.75) is 33.1 Å². The SMILES string of the molecule is CCNCC1CCc2nc(-c3cccs3)nc(C)c2C1. The molecule has 3 rings (SSSR count). The molecule has 0 saturated carbocycles. The molecule has 0 radical (unpaired) electrons. The Kier molecular flexibility index (Phi) is 4.13. The lowest BCUT2D eigenvalue weighted by atomic mass is 9.85. The Bertz CT molecular complexity index is 578. The van der Waals surface area contributed by atoms with Gasteiger partial charge in [-0.05, 0) is 62.2 Å². The number of aromatic nitrogens is 2. The Labute approximate surface area is 124 Å². The number of hydrogen-bond acceptors (Lipinski definition) is 4. The topological polar surface area (TPSA) is 37.8 Å². The van der Waals surface area contributed by atoms with Gasteiger partial charge < -0.3 is 5.32 Å². The minimum absolute atomic E-state index is 0.734. The van der Waals surface area contributed by atoms with Crippen LogP contribution in [-0.2, 0) is 12.8 Å². The molecule has 3 nitrogen and oxygen atoms in total. The van der Waals surface area contributed by atoms with Crippen LogP contribution in [0.1, 0.15) is 30.3 Å². The standard InChI is InChI=1S/C16H21N3S/c1-3-17-10-12-6-7-14-13(9-12)11(2)18-16(19-14)15-5-4-8-20-15/h4-5,8,12,17H,3,6-7,9-10H2,1-2H3. The van der Waals surface area contributed by atoms with E-state index in [0.717, 1.165) is 37.7 Å². The molecule has 0 aromatic carbocycles. The fourth-order valence-electron chi connectivity index (χ4n) is 2.90. The summed E-state index contributed by atoms with van der Waals surface area (Å²) >= 11 is 1.71. The molecule has 0 amide bonds. The van der Waals surface area contributed by atoms with Crippen molar-refractivity contribution in [3.8, 4) is 10.7 Å². The van der Waals surface area contributed by atoms with E-state index >= 15 is 0 Å². The van der Waals surface area contributed by atoms with E-state index in [1.54, 1.807) is 11.3 Å². The first-order chi connectivity index (χ1) is 9.78. The Hall–Kier alpha value is -1.26. The predicted molar refractivity (Wildman–Crippen MR) is 84.1 cm³/mol. The van der Waals surface area contributed by atoms with Gasteiger partial charge in [-0.3, -0.25) is 0 Å². The number of fused-ring (bicyclic) bond motifs is 1. The van der Waals surface area contributed by atoms with Crippen LogP contribution in [0, 0.1) is 12.8 Å². The Morgan fingerprint density at radius 1 is 1.40 bits per heavy atom. The first-order valence-corrected chi connectivity index (χ1v) is 8.27.